The van der Waals surface area contributed by atoms with E-state index in [1.165, 1.54) is 30.5 Å². The molecule has 1 aliphatic carbocycles. The minimum Gasteiger partial charge on any atom is -0.382 e. The summed E-state index contributed by atoms with van der Waals surface area (Å²) in [5.41, 5.74) is 2.43. The van der Waals surface area contributed by atoms with Crippen molar-refractivity contribution in [2.24, 2.45) is 5.92 Å². The van der Waals surface area contributed by atoms with E-state index in [2.05, 4.69) is 41.8 Å². The minimum absolute atomic E-state index is 0. The maximum atomic E-state index is 5.65. The highest BCUT2D eigenvalue weighted by molar-refractivity contribution is 5.85. The Hall–Kier alpha value is -0.810. The molecule has 2 aliphatic rings. The molecule has 4 unspecified atom stereocenters. The fraction of sp³-hybridized carbons (Fsp3) is 0.667. The Morgan fingerprint density at radius 1 is 1.35 bits per heavy atom. The monoisotopic (exact) mass is 340 g/mol. The average molecular weight is 341 g/mol. The minimum atomic E-state index is 0. The van der Waals surface area contributed by atoms with Crippen molar-refractivity contribution in [3.63, 3.8) is 0 Å². The van der Waals surface area contributed by atoms with Crippen LogP contribution in [-0.2, 0) is 9.47 Å². The summed E-state index contributed by atoms with van der Waals surface area (Å²) in [6.45, 7) is 4.76. The highest BCUT2D eigenvalue weighted by Gasteiger charge is 2.34. The maximum absolute atomic E-state index is 5.65. The number of ether oxygens (including phenoxy) is 2. The van der Waals surface area contributed by atoms with E-state index >= 15 is 0 Å². The van der Waals surface area contributed by atoms with Crippen LogP contribution >= 0.6 is 12.4 Å². The van der Waals surface area contributed by atoms with Crippen molar-refractivity contribution in [2.45, 2.75) is 44.4 Å². The third kappa shape index (κ3) is 4.60. The summed E-state index contributed by atoms with van der Waals surface area (Å²) in [4.78, 5) is 0. The molecule has 4 nitrogen and oxygen atoms in total. The zero-order valence-corrected chi connectivity index (χ0v) is 14.9. The van der Waals surface area contributed by atoms with E-state index in [0.29, 0.717) is 18.0 Å². The van der Waals surface area contributed by atoms with Crippen LogP contribution in [0.5, 0.6) is 0 Å². The molecule has 0 aromatic heterocycles. The van der Waals surface area contributed by atoms with E-state index in [4.69, 9.17) is 9.47 Å². The molecule has 0 amide bonds. The first-order valence-electron chi connectivity index (χ1n) is 8.48. The van der Waals surface area contributed by atoms with E-state index in [-0.39, 0.29) is 18.5 Å². The number of benzene rings is 1. The van der Waals surface area contributed by atoms with Crippen LogP contribution in [0.1, 0.15) is 37.9 Å². The summed E-state index contributed by atoms with van der Waals surface area (Å²) in [6, 6.07) is 9.64. The van der Waals surface area contributed by atoms with Gasteiger partial charge in [-0.3, -0.25) is 0 Å². The molecule has 130 valence electrons. The Labute approximate surface area is 145 Å². The van der Waals surface area contributed by atoms with Gasteiger partial charge in [-0.05, 0) is 43.4 Å². The van der Waals surface area contributed by atoms with Crippen LogP contribution < -0.4 is 10.6 Å². The van der Waals surface area contributed by atoms with Gasteiger partial charge in [-0.1, -0.05) is 18.6 Å². The van der Waals surface area contributed by atoms with Gasteiger partial charge in [-0.2, -0.15) is 0 Å². The lowest BCUT2D eigenvalue weighted by atomic mass is 9.93. The zero-order valence-electron chi connectivity index (χ0n) is 14.1. The molecule has 2 fully saturated rings. The second-order valence-electron chi connectivity index (χ2n) is 6.48. The van der Waals surface area contributed by atoms with E-state index in [1.54, 1.807) is 7.11 Å². The van der Waals surface area contributed by atoms with Crippen LogP contribution in [-0.4, -0.2) is 39.0 Å². The summed E-state index contributed by atoms with van der Waals surface area (Å²) in [6.07, 6.45) is 3.96. The highest BCUT2D eigenvalue weighted by Crippen LogP contribution is 2.32. The third-order valence-electron chi connectivity index (χ3n) is 5.10. The number of nitrogens with one attached hydrogen (secondary N) is 2. The SMILES string of the molecule is COC(C)c1cccc(NC2CCCC2C2COCCN2)c1.Cl. The van der Waals surface area contributed by atoms with Gasteiger partial charge in [0.1, 0.15) is 0 Å². The molecule has 2 N–H and O–H groups in total. The molecule has 1 aromatic rings. The molecule has 0 bridgehead atoms. The normalized spacial score (nSPS) is 28.9. The van der Waals surface area contributed by atoms with Gasteiger partial charge < -0.3 is 20.1 Å². The van der Waals surface area contributed by atoms with Gasteiger partial charge >= 0.3 is 0 Å². The molecule has 1 heterocycles. The number of rotatable bonds is 5. The fourth-order valence-corrected chi connectivity index (χ4v) is 3.74. The lowest BCUT2D eigenvalue weighted by molar-refractivity contribution is 0.0559. The van der Waals surface area contributed by atoms with Crippen LogP contribution in [0.15, 0.2) is 24.3 Å². The average Bonchev–Trinajstić information content (AvgIpc) is 3.03. The standard InChI is InChI=1S/C18H28N2O2.ClH/c1-13(21-2)14-5-3-6-15(11-14)20-17-8-4-7-16(17)18-12-22-10-9-19-18;/h3,5-6,11,13,16-20H,4,7-10,12H2,1-2H3;1H. The fourth-order valence-electron chi connectivity index (χ4n) is 3.74. The molecule has 0 spiro atoms. The largest absolute Gasteiger partial charge is 0.382 e. The molecule has 5 heteroatoms. The second kappa shape index (κ2) is 8.88. The van der Waals surface area contributed by atoms with E-state index in [1.807, 2.05) is 0 Å². The lowest BCUT2D eigenvalue weighted by Gasteiger charge is -2.33. The first-order chi connectivity index (χ1) is 10.8. The Kier molecular flexibility index (Phi) is 7.15. The highest BCUT2D eigenvalue weighted by atomic mass is 35.5. The van der Waals surface area contributed by atoms with Crippen molar-refractivity contribution in [1.29, 1.82) is 0 Å². The third-order valence-corrected chi connectivity index (χ3v) is 5.10. The van der Waals surface area contributed by atoms with Crippen molar-refractivity contribution in [3.05, 3.63) is 29.8 Å². The second-order valence-corrected chi connectivity index (χ2v) is 6.48. The molecule has 3 rings (SSSR count). The Morgan fingerprint density at radius 3 is 2.96 bits per heavy atom. The Balaban J connectivity index is 0.00000192. The van der Waals surface area contributed by atoms with Gasteiger partial charge in [0.15, 0.2) is 0 Å². The first-order valence-corrected chi connectivity index (χ1v) is 8.48. The van der Waals surface area contributed by atoms with E-state index in [9.17, 15) is 0 Å². The topological polar surface area (TPSA) is 42.5 Å². The van der Waals surface area contributed by atoms with Crippen LogP contribution in [0.4, 0.5) is 5.69 Å². The van der Waals surface area contributed by atoms with Gasteiger partial charge in [0, 0.05) is 31.4 Å². The summed E-state index contributed by atoms with van der Waals surface area (Å²) >= 11 is 0. The number of hydrogen-bond acceptors (Lipinski definition) is 4. The van der Waals surface area contributed by atoms with Crippen molar-refractivity contribution in [1.82, 2.24) is 5.32 Å². The molecule has 23 heavy (non-hydrogen) atoms. The molecule has 1 aromatic carbocycles. The van der Waals surface area contributed by atoms with Crippen LogP contribution in [0.25, 0.3) is 0 Å². The van der Waals surface area contributed by atoms with Gasteiger partial charge in [0.2, 0.25) is 0 Å². The molecule has 1 aliphatic heterocycles. The first kappa shape index (κ1) is 18.5. The quantitative estimate of drug-likeness (QED) is 0.862. The summed E-state index contributed by atoms with van der Waals surface area (Å²) in [5, 5.41) is 7.39. The van der Waals surface area contributed by atoms with Crippen molar-refractivity contribution >= 4 is 18.1 Å². The van der Waals surface area contributed by atoms with Gasteiger partial charge in [-0.25, -0.2) is 0 Å². The summed E-state index contributed by atoms with van der Waals surface area (Å²) < 4.78 is 11.1. The van der Waals surface area contributed by atoms with Crippen molar-refractivity contribution < 1.29 is 9.47 Å². The number of hydrogen-bond donors (Lipinski definition) is 2. The Morgan fingerprint density at radius 2 is 2.22 bits per heavy atom. The predicted octanol–water partition coefficient (Wildman–Crippen LogP) is 3.38. The summed E-state index contributed by atoms with van der Waals surface area (Å²) in [7, 11) is 1.76. The predicted molar refractivity (Wildman–Crippen MR) is 96.5 cm³/mol. The molecular weight excluding hydrogens is 312 g/mol. The van der Waals surface area contributed by atoms with E-state index in [0.717, 1.165) is 19.8 Å². The number of halogens is 1. The van der Waals surface area contributed by atoms with Gasteiger partial charge in [0.05, 0.1) is 19.3 Å². The zero-order chi connectivity index (χ0) is 15.4. The number of morpholine rings is 1. The molecule has 0 radical (unpaired) electrons. The molecule has 1 saturated heterocycles. The lowest BCUT2D eigenvalue weighted by Crippen LogP contribution is -2.49. The van der Waals surface area contributed by atoms with E-state index < -0.39 is 0 Å². The smallest absolute Gasteiger partial charge is 0.0793 e. The molecular formula is C18H29ClN2O2. The Bertz CT molecular complexity index is 480. The van der Waals surface area contributed by atoms with Gasteiger partial charge in [-0.15, -0.1) is 12.4 Å². The molecule has 4 atom stereocenters. The van der Waals surface area contributed by atoms with Crippen molar-refractivity contribution in [3.8, 4) is 0 Å². The summed E-state index contributed by atoms with van der Waals surface area (Å²) in [5.74, 6) is 0.656. The maximum Gasteiger partial charge on any atom is 0.0793 e. The number of anilines is 1. The van der Waals surface area contributed by atoms with Crippen LogP contribution in [0, 0.1) is 5.92 Å². The number of methoxy groups -OCH3 is 1. The van der Waals surface area contributed by atoms with Crippen LogP contribution in [0.2, 0.25) is 0 Å². The molecule has 1 saturated carbocycles. The van der Waals surface area contributed by atoms with Gasteiger partial charge in [0.25, 0.3) is 0 Å². The van der Waals surface area contributed by atoms with Crippen molar-refractivity contribution in [2.75, 3.05) is 32.2 Å². The van der Waals surface area contributed by atoms with Crippen LogP contribution in [0.3, 0.4) is 0 Å².